The van der Waals surface area contributed by atoms with Crippen LogP contribution in [0.15, 0.2) is 60.7 Å². The second kappa shape index (κ2) is 7.46. The zero-order valence-corrected chi connectivity index (χ0v) is 13.4. The Morgan fingerprint density at radius 3 is 2.67 bits per heavy atom. The smallest absolute Gasteiger partial charge is 0.435 e. The van der Waals surface area contributed by atoms with E-state index >= 15 is 0 Å². The summed E-state index contributed by atoms with van der Waals surface area (Å²) in [6.45, 7) is 2.41. The third kappa shape index (κ3) is 3.46. The molecule has 24 heavy (non-hydrogen) atoms. The number of benzene rings is 2. The van der Waals surface area contributed by atoms with Crippen molar-refractivity contribution in [3.63, 3.8) is 0 Å². The normalized spacial score (nSPS) is 11.0. The average molecular weight is 322 g/mol. The minimum atomic E-state index is -0.511. The van der Waals surface area contributed by atoms with Crippen molar-refractivity contribution in [2.45, 2.75) is 6.92 Å². The number of nitrogens with zero attached hydrogens (tertiary/aromatic N) is 2. The van der Waals surface area contributed by atoms with Crippen molar-refractivity contribution in [2.75, 3.05) is 13.2 Å². The number of hydrogen-bond donors (Lipinski definition) is 0. The summed E-state index contributed by atoms with van der Waals surface area (Å²) in [5.74, 6) is 0.413. The molecule has 0 unspecified atom stereocenters. The van der Waals surface area contributed by atoms with Crippen molar-refractivity contribution >= 4 is 23.1 Å². The van der Waals surface area contributed by atoms with Crippen molar-refractivity contribution in [1.29, 1.82) is 0 Å². The zero-order chi connectivity index (χ0) is 16.8. The molecule has 0 aliphatic carbocycles. The van der Waals surface area contributed by atoms with Crippen LogP contribution < -0.4 is 4.74 Å². The Hall–Kier alpha value is -3.08. The second-order valence-corrected chi connectivity index (χ2v) is 5.06. The van der Waals surface area contributed by atoms with Gasteiger partial charge in [-0.15, -0.1) is 5.10 Å². The van der Waals surface area contributed by atoms with E-state index in [1.807, 2.05) is 66.7 Å². The van der Waals surface area contributed by atoms with Crippen LogP contribution in [0.2, 0.25) is 0 Å². The molecule has 0 amide bonds. The fourth-order valence-electron chi connectivity index (χ4n) is 2.34. The Balaban J connectivity index is 1.77. The van der Waals surface area contributed by atoms with E-state index in [9.17, 15) is 4.79 Å². The number of para-hydroxylation sites is 1. The summed E-state index contributed by atoms with van der Waals surface area (Å²) in [7, 11) is 0. The van der Waals surface area contributed by atoms with Gasteiger partial charge in [0.05, 0.1) is 17.5 Å². The molecule has 0 bridgehead atoms. The van der Waals surface area contributed by atoms with Gasteiger partial charge in [0.15, 0.2) is 0 Å². The highest BCUT2D eigenvalue weighted by atomic mass is 16.6. The van der Waals surface area contributed by atoms with Crippen molar-refractivity contribution in [2.24, 2.45) is 0 Å². The number of carbonyl (C=O) groups is 1. The maximum absolute atomic E-state index is 12.0. The van der Waals surface area contributed by atoms with Crippen LogP contribution in [-0.2, 0) is 4.74 Å². The first-order chi connectivity index (χ1) is 11.8. The second-order valence-electron chi connectivity index (χ2n) is 5.06. The molecule has 5 nitrogen and oxygen atoms in total. The predicted octanol–water partition coefficient (Wildman–Crippen LogP) is 4.13. The molecule has 0 fully saturated rings. The van der Waals surface area contributed by atoms with Crippen LogP contribution >= 0.6 is 0 Å². The van der Waals surface area contributed by atoms with Gasteiger partial charge in [0.2, 0.25) is 5.88 Å². The molecule has 0 N–H and O–H groups in total. The molecule has 0 atom stereocenters. The highest BCUT2D eigenvalue weighted by molar-refractivity contribution is 5.91. The minimum absolute atomic E-state index is 0.295. The molecule has 0 radical (unpaired) electrons. The Bertz CT molecular complexity index is 853. The number of fused-ring (bicyclic) bond motifs is 1. The number of hydrogen-bond acceptors (Lipinski definition) is 4. The van der Waals surface area contributed by atoms with Gasteiger partial charge in [-0.1, -0.05) is 48.5 Å². The predicted molar refractivity (Wildman–Crippen MR) is 93.1 cm³/mol. The van der Waals surface area contributed by atoms with Gasteiger partial charge < -0.3 is 9.47 Å². The Labute approximate surface area is 140 Å². The van der Waals surface area contributed by atoms with Gasteiger partial charge in [-0.25, -0.2) is 4.79 Å². The van der Waals surface area contributed by atoms with Crippen LogP contribution in [0.3, 0.4) is 0 Å². The van der Waals surface area contributed by atoms with E-state index in [4.69, 9.17) is 9.47 Å². The van der Waals surface area contributed by atoms with Gasteiger partial charge in [0.1, 0.15) is 6.61 Å². The van der Waals surface area contributed by atoms with Gasteiger partial charge in [0.25, 0.3) is 0 Å². The first-order valence-electron chi connectivity index (χ1n) is 7.79. The summed E-state index contributed by atoms with van der Waals surface area (Å²) in [6, 6.07) is 17.4. The summed E-state index contributed by atoms with van der Waals surface area (Å²) >= 11 is 0. The topological polar surface area (TPSA) is 53.4 Å². The molecule has 5 heteroatoms. The first kappa shape index (κ1) is 15.8. The summed E-state index contributed by atoms with van der Waals surface area (Å²) in [4.78, 5) is 12.0. The van der Waals surface area contributed by atoms with E-state index in [1.54, 1.807) is 6.92 Å². The molecule has 1 aromatic heterocycles. The number of ether oxygens (including phenoxy) is 2. The monoisotopic (exact) mass is 322 g/mol. The summed E-state index contributed by atoms with van der Waals surface area (Å²) in [5, 5.41) is 5.01. The molecular weight excluding hydrogens is 304 g/mol. The van der Waals surface area contributed by atoms with E-state index in [0.717, 1.165) is 10.9 Å². The van der Waals surface area contributed by atoms with Gasteiger partial charge in [0, 0.05) is 0 Å². The molecule has 2 aromatic carbocycles. The molecule has 0 saturated heterocycles. The fourth-order valence-corrected chi connectivity index (χ4v) is 2.34. The van der Waals surface area contributed by atoms with Crippen LogP contribution in [0.5, 0.6) is 5.88 Å². The van der Waals surface area contributed by atoms with Crippen LogP contribution in [0.25, 0.3) is 17.0 Å². The standard InChI is InChI=1S/C19H18N2O3/c1-2-23-19(22)21-17-13-7-6-12-16(17)18(20-21)24-14-8-11-15-9-4-3-5-10-15/h3-13H,2,14H2,1H3/b11-8+. The van der Waals surface area contributed by atoms with Gasteiger partial charge in [-0.2, -0.15) is 4.68 Å². The molecule has 122 valence electrons. The van der Waals surface area contributed by atoms with E-state index in [2.05, 4.69) is 5.10 Å². The first-order valence-corrected chi connectivity index (χ1v) is 7.79. The lowest BCUT2D eigenvalue weighted by Crippen LogP contribution is -2.14. The molecule has 3 aromatic rings. The van der Waals surface area contributed by atoms with E-state index in [1.165, 1.54) is 4.68 Å². The Morgan fingerprint density at radius 2 is 1.88 bits per heavy atom. The molecule has 3 rings (SSSR count). The Morgan fingerprint density at radius 1 is 1.12 bits per heavy atom. The van der Waals surface area contributed by atoms with Gasteiger partial charge in [-0.05, 0) is 30.7 Å². The Kier molecular flexibility index (Phi) is 4.91. The third-order valence-electron chi connectivity index (χ3n) is 3.42. The highest BCUT2D eigenvalue weighted by Crippen LogP contribution is 2.24. The molecular formula is C19H18N2O3. The summed E-state index contributed by atoms with van der Waals surface area (Å²) < 4.78 is 12.0. The average Bonchev–Trinajstić information content (AvgIpc) is 2.99. The molecule has 0 aliphatic heterocycles. The lowest BCUT2D eigenvalue weighted by Gasteiger charge is -2.01. The van der Waals surface area contributed by atoms with Crippen molar-refractivity contribution in [1.82, 2.24) is 9.78 Å². The van der Waals surface area contributed by atoms with E-state index in [0.29, 0.717) is 24.6 Å². The molecule has 0 saturated carbocycles. The van der Waals surface area contributed by atoms with Crippen LogP contribution in [0.4, 0.5) is 4.79 Å². The summed E-state index contributed by atoms with van der Waals surface area (Å²) in [6.07, 6.45) is 3.38. The van der Waals surface area contributed by atoms with Crippen molar-refractivity contribution in [3.05, 3.63) is 66.2 Å². The summed E-state index contributed by atoms with van der Waals surface area (Å²) in [5.41, 5.74) is 1.76. The third-order valence-corrected chi connectivity index (χ3v) is 3.42. The van der Waals surface area contributed by atoms with Crippen LogP contribution in [0.1, 0.15) is 12.5 Å². The molecule has 1 heterocycles. The number of aromatic nitrogens is 2. The lowest BCUT2D eigenvalue weighted by atomic mass is 10.2. The van der Waals surface area contributed by atoms with Gasteiger partial charge in [-0.3, -0.25) is 0 Å². The lowest BCUT2D eigenvalue weighted by molar-refractivity contribution is 0.151. The molecule has 0 spiro atoms. The largest absolute Gasteiger partial charge is 0.472 e. The minimum Gasteiger partial charge on any atom is -0.472 e. The fraction of sp³-hybridized carbons (Fsp3) is 0.158. The SMILES string of the molecule is CCOC(=O)n1nc(OC/C=C/c2ccccc2)c2ccccc21. The van der Waals surface area contributed by atoms with E-state index in [-0.39, 0.29) is 0 Å². The quantitative estimate of drug-likeness (QED) is 0.708. The number of rotatable bonds is 5. The number of carbonyl (C=O) groups excluding carboxylic acids is 1. The van der Waals surface area contributed by atoms with Crippen molar-refractivity contribution in [3.8, 4) is 5.88 Å². The highest BCUT2D eigenvalue weighted by Gasteiger charge is 2.16. The van der Waals surface area contributed by atoms with Gasteiger partial charge >= 0.3 is 6.09 Å². The van der Waals surface area contributed by atoms with E-state index < -0.39 is 6.09 Å². The van der Waals surface area contributed by atoms with Crippen molar-refractivity contribution < 1.29 is 14.3 Å². The maximum Gasteiger partial charge on any atom is 0.435 e. The molecule has 0 aliphatic rings. The van der Waals surface area contributed by atoms with Crippen LogP contribution in [0, 0.1) is 0 Å². The zero-order valence-electron chi connectivity index (χ0n) is 13.4. The van der Waals surface area contributed by atoms with Crippen LogP contribution in [-0.4, -0.2) is 29.1 Å². The maximum atomic E-state index is 12.0.